The topological polar surface area (TPSA) is 68.5 Å². The number of aryl methyl sites for hydroxylation is 1. The van der Waals surface area contributed by atoms with Crippen molar-refractivity contribution in [2.45, 2.75) is 12.3 Å². The van der Waals surface area contributed by atoms with Crippen LogP contribution in [0.4, 0.5) is 22.0 Å². The van der Waals surface area contributed by atoms with E-state index >= 15 is 0 Å². The van der Waals surface area contributed by atoms with Crippen molar-refractivity contribution in [3.8, 4) is 16.9 Å². The van der Waals surface area contributed by atoms with Crippen LogP contribution in [0.1, 0.15) is 5.56 Å². The number of carbonyl (C=O) groups is 1. The molecule has 134 valence electrons. The maximum absolute atomic E-state index is 13.7. The van der Waals surface area contributed by atoms with Crippen LogP contribution in [0.2, 0.25) is 0 Å². The molecular formula is C15H10F5NO4. The van der Waals surface area contributed by atoms with Crippen molar-refractivity contribution in [3.63, 3.8) is 0 Å². The van der Waals surface area contributed by atoms with Gasteiger partial charge >= 0.3 is 18.3 Å². The van der Waals surface area contributed by atoms with Gasteiger partial charge in [-0.25, -0.2) is 4.79 Å². The maximum atomic E-state index is 13.7. The summed E-state index contributed by atoms with van der Waals surface area (Å²) in [5.41, 5.74) is -1.98. The molecule has 1 aromatic carbocycles. The predicted molar refractivity (Wildman–Crippen MR) is 75.3 cm³/mol. The highest BCUT2D eigenvalue weighted by Crippen LogP contribution is 2.38. The lowest BCUT2D eigenvalue weighted by Crippen LogP contribution is -2.25. The first-order chi connectivity index (χ1) is 11.4. The molecule has 0 aliphatic heterocycles. The van der Waals surface area contributed by atoms with Gasteiger partial charge in [0.15, 0.2) is 0 Å². The van der Waals surface area contributed by atoms with Crippen molar-refractivity contribution in [3.05, 3.63) is 52.4 Å². The second-order valence-electron chi connectivity index (χ2n) is 5.01. The molecule has 1 heterocycles. The summed E-state index contributed by atoms with van der Waals surface area (Å²) in [7, 11) is 1.31. The average Bonchev–Trinajstić information content (AvgIpc) is 2.48. The molecule has 0 amide bonds. The highest BCUT2D eigenvalue weighted by molar-refractivity contribution is 5.79. The number of benzene rings is 1. The van der Waals surface area contributed by atoms with Crippen LogP contribution >= 0.6 is 0 Å². The van der Waals surface area contributed by atoms with E-state index < -0.39 is 40.7 Å². The number of pyridine rings is 1. The Morgan fingerprint density at radius 2 is 1.76 bits per heavy atom. The molecule has 2 rings (SSSR count). The molecule has 2 aromatic rings. The minimum absolute atomic E-state index is 0.0376. The second-order valence-corrected chi connectivity index (χ2v) is 5.01. The van der Waals surface area contributed by atoms with Gasteiger partial charge in [0.1, 0.15) is 5.75 Å². The van der Waals surface area contributed by atoms with Gasteiger partial charge in [-0.1, -0.05) is 0 Å². The number of carboxylic acid groups (broad SMARTS) is 1. The molecule has 0 fully saturated rings. The third-order valence-corrected chi connectivity index (χ3v) is 3.23. The SMILES string of the molecule is Cn1cc(-c2cc(C(F)(F)C(=O)O)ccc2OC(F)(F)F)ccc1=O. The molecule has 1 N–H and O–H groups in total. The largest absolute Gasteiger partial charge is 0.573 e. The van der Waals surface area contributed by atoms with Crippen LogP contribution < -0.4 is 10.3 Å². The molecule has 0 saturated heterocycles. The van der Waals surface area contributed by atoms with Crippen molar-refractivity contribution < 1.29 is 36.6 Å². The molecule has 0 bridgehead atoms. The number of nitrogens with zero attached hydrogens (tertiary/aromatic N) is 1. The molecule has 0 aliphatic carbocycles. The summed E-state index contributed by atoms with van der Waals surface area (Å²) in [6, 6.07) is 3.84. The summed E-state index contributed by atoms with van der Waals surface area (Å²) in [5, 5.41) is 8.59. The zero-order valence-corrected chi connectivity index (χ0v) is 12.5. The first kappa shape index (κ1) is 18.4. The summed E-state index contributed by atoms with van der Waals surface area (Å²) >= 11 is 0. The zero-order valence-electron chi connectivity index (χ0n) is 12.5. The van der Waals surface area contributed by atoms with E-state index in [1.54, 1.807) is 0 Å². The summed E-state index contributed by atoms with van der Waals surface area (Å²) in [6.45, 7) is 0. The number of aliphatic carboxylic acids is 1. The van der Waals surface area contributed by atoms with E-state index in [0.29, 0.717) is 18.2 Å². The van der Waals surface area contributed by atoms with E-state index in [0.717, 1.165) is 22.9 Å². The normalized spacial score (nSPS) is 12.1. The van der Waals surface area contributed by atoms with Crippen LogP contribution in [0, 0.1) is 0 Å². The number of alkyl halides is 5. The molecule has 0 radical (unpaired) electrons. The third-order valence-electron chi connectivity index (χ3n) is 3.23. The van der Waals surface area contributed by atoms with Crippen molar-refractivity contribution >= 4 is 5.97 Å². The van der Waals surface area contributed by atoms with Gasteiger partial charge in [0, 0.05) is 36.0 Å². The Hall–Kier alpha value is -2.91. The van der Waals surface area contributed by atoms with Crippen LogP contribution in [0.3, 0.4) is 0 Å². The lowest BCUT2D eigenvalue weighted by atomic mass is 10.00. The van der Waals surface area contributed by atoms with E-state index in [-0.39, 0.29) is 5.56 Å². The minimum atomic E-state index is -5.09. The molecule has 0 unspecified atom stereocenters. The Kier molecular flexibility index (Phi) is 4.56. The first-order valence-corrected chi connectivity index (χ1v) is 6.60. The quantitative estimate of drug-likeness (QED) is 0.848. The van der Waals surface area contributed by atoms with Crippen molar-refractivity contribution in [2.24, 2.45) is 7.05 Å². The van der Waals surface area contributed by atoms with Gasteiger partial charge in [-0.3, -0.25) is 4.79 Å². The Balaban J connectivity index is 2.68. The van der Waals surface area contributed by atoms with Gasteiger partial charge in [-0.2, -0.15) is 8.78 Å². The second kappa shape index (κ2) is 6.19. The first-order valence-electron chi connectivity index (χ1n) is 6.60. The van der Waals surface area contributed by atoms with E-state index in [1.165, 1.54) is 7.05 Å². The molecule has 1 aromatic heterocycles. The minimum Gasteiger partial charge on any atom is -0.477 e. The van der Waals surface area contributed by atoms with Crippen molar-refractivity contribution in [2.75, 3.05) is 0 Å². The van der Waals surface area contributed by atoms with Gasteiger partial charge in [-0.05, 0) is 24.3 Å². The highest BCUT2D eigenvalue weighted by Gasteiger charge is 2.42. The van der Waals surface area contributed by atoms with Gasteiger partial charge in [0.25, 0.3) is 0 Å². The highest BCUT2D eigenvalue weighted by atomic mass is 19.4. The van der Waals surface area contributed by atoms with Crippen molar-refractivity contribution in [1.82, 2.24) is 4.57 Å². The number of halogens is 5. The molecule has 25 heavy (non-hydrogen) atoms. The van der Waals surface area contributed by atoms with E-state index in [4.69, 9.17) is 5.11 Å². The third kappa shape index (κ3) is 3.95. The average molecular weight is 363 g/mol. The number of rotatable bonds is 4. The number of carboxylic acids is 1. The lowest BCUT2D eigenvalue weighted by molar-refractivity contribution is -0.274. The summed E-state index contributed by atoms with van der Waals surface area (Å²) in [5.74, 6) is -7.58. The Morgan fingerprint density at radius 3 is 2.28 bits per heavy atom. The molecule has 0 atom stereocenters. The van der Waals surface area contributed by atoms with Gasteiger partial charge < -0.3 is 14.4 Å². The molecular weight excluding hydrogens is 353 g/mol. The fraction of sp³-hybridized carbons (Fsp3) is 0.200. The molecule has 0 saturated carbocycles. The Morgan fingerprint density at radius 1 is 1.12 bits per heavy atom. The number of aromatic nitrogens is 1. The number of ether oxygens (including phenoxy) is 1. The fourth-order valence-electron chi connectivity index (χ4n) is 2.04. The van der Waals surface area contributed by atoms with Crippen LogP contribution in [0.5, 0.6) is 5.75 Å². The molecule has 5 nitrogen and oxygen atoms in total. The summed E-state index contributed by atoms with van der Waals surface area (Å²) in [6.07, 6.45) is -3.98. The maximum Gasteiger partial charge on any atom is 0.573 e. The van der Waals surface area contributed by atoms with Crippen LogP contribution in [0.25, 0.3) is 11.1 Å². The summed E-state index contributed by atoms with van der Waals surface area (Å²) < 4.78 is 69.7. The Bertz CT molecular complexity index is 873. The van der Waals surface area contributed by atoms with E-state index in [2.05, 4.69) is 4.74 Å². The van der Waals surface area contributed by atoms with Crippen molar-refractivity contribution in [1.29, 1.82) is 0 Å². The van der Waals surface area contributed by atoms with Gasteiger partial charge in [-0.15, -0.1) is 13.2 Å². The van der Waals surface area contributed by atoms with Crippen LogP contribution in [0.15, 0.2) is 41.3 Å². The molecule has 0 spiro atoms. The Labute approximate surface area is 136 Å². The van der Waals surface area contributed by atoms with Crippen LogP contribution in [-0.2, 0) is 17.8 Å². The molecule has 10 heteroatoms. The smallest absolute Gasteiger partial charge is 0.477 e. The van der Waals surface area contributed by atoms with Gasteiger partial charge in [0.2, 0.25) is 5.56 Å². The van der Waals surface area contributed by atoms with E-state index in [1.807, 2.05) is 0 Å². The summed E-state index contributed by atoms with van der Waals surface area (Å²) in [4.78, 5) is 22.1. The van der Waals surface area contributed by atoms with Gasteiger partial charge in [0.05, 0.1) is 0 Å². The standard InChI is InChI=1S/C15H10F5NO4/c1-21-7-8(2-5-12(21)22)10-6-9(14(16,17)13(23)24)3-4-11(10)25-15(18,19)20/h2-7H,1H3,(H,23,24). The van der Waals surface area contributed by atoms with Crippen LogP contribution in [-0.4, -0.2) is 22.0 Å². The molecule has 0 aliphatic rings. The zero-order chi connectivity index (χ0) is 19.0. The monoisotopic (exact) mass is 363 g/mol. The lowest BCUT2D eigenvalue weighted by Gasteiger charge is -2.17. The number of hydrogen-bond acceptors (Lipinski definition) is 3. The number of hydrogen-bond donors (Lipinski definition) is 1. The van der Waals surface area contributed by atoms with E-state index in [9.17, 15) is 31.5 Å². The predicted octanol–water partition coefficient (Wildman–Crippen LogP) is 3.13. The fourth-order valence-corrected chi connectivity index (χ4v) is 2.04.